The molecule has 1 fully saturated rings. The Bertz CT molecular complexity index is 291. The van der Waals surface area contributed by atoms with Gasteiger partial charge in [0.25, 0.3) is 0 Å². The molecule has 3 nitrogen and oxygen atoms in total. The predicted octanol–water partition coefficient (Wildman–Crippen LogP) is 3.38. The number of carbonyl (C=O) groups is 1. The third kappa shape index (κ3) is 4.79. The van der Waals surface area contributed by atoms with Gasteiger partial charge in [-0.2, -0.15) is 0 Å². The van der Waals surface area contributed by atoms with Crippen LogP contribution in [0.5, 0.6) is 0 Å². The summed E-state index contributed by atoms with van der Waals surface area (Å²) >= 11 is 0. The third-order valence-corrected chi connectivity index (χ3v) is 4.31. The van der Waals surface area contributed by atoms with Crippen molar-refractivity contribution >= 4 is 5.97 Å². The SMILES string of the molecule is COC(=O)C(C)(C)CNCC1(CC(C)C)CCCC1. The van der Waals surface area contributed by atoms with E-state index in [-0.39, 0.29) is 5.97 Å². The number of hydrogen-bond donors (Lipinski definition) is 1. The third-order valence-electron chi connectivity index (χ3n) is 4.31. The fraction of sp³-hybridized carbons (Fsp3) is 0.938. The number of hydrogen-bond acceptors (Lipinski definition) is 3. The van der Waals surface area contributed by atoms with E-state index in [1.54, 1.807) is 0 Å². The van der Waals surface area contributed by atoms with Gasteiger partial charge in [-0.15, -0.1) is 0 Å². The van der Waals surface area contributed by atoms with Crippen molar-refractivity contribution in [2.45, 2.75) is 59.8 Å². The van der Waals surface area contributed by atoms with Gasteiger partial charge in [-0.1, -0.05) is 26.7 Å². The van der Waals surface area contributed by atoms with Crippen molar-refractivity contribution in [2.75, 3.05) is 20.2 Å². The zero-order valence-electron chi connectivity index (χ0n) is 13.3. The van der Waals surface area contributed by atoms with Gasteiger partial charge in [-0.25, -0.2) is 0 Å². The fourth-order valence-electron chi connectivity index (χ4n) is 3.43. The number of ether oxygens (including phenoxy) is 1. The first-order valence-corrected chi connectivity index (χ1v) is 7.60. The molecule has 1 aliphatic rings. The Hall–Kier alpha value is -0.570. The first kappa shape index (κ1) is 16.5. The second-order valence-corrected chi connectivity index (χ2v) is 7.28. The molecule has 0 aromatic rings. The van der Waals surface area contributed by atoms with Crippen LogP contribution in [-0.4, -0.2) is 26.2 Å². The Labute approximate surface area is 118 Å². The molecule has 112 valence electrons. The molecule has 0 spiro atoms. The van der Waals surface area contributed by atoms with Crippen LogP contribution in [0, 0.1) is 16.7 Å². The minimum absolute atomic E-state index is 0.135. The van der Waals surface area contributed by atoms with Gasteiger partial charge < -0.3 is 10.1 Å². The van der Waals surface area contributed by atoms with Gasteiger partial charge >= 0.3 is 5.97 Å². The topological polar surface area (TPSA) is 38.3 Å². The Morgan fingerprint density at radius 1 is 1.32 bits per heavy atom. The summed E-state index contributed by atoms with van der Waals surface area (Å²) < 4.78 is 4.85. The second-order valence-electron chi connectivity index (χ2n) is 7.28. The minimum Gasteiger partial charge on any atom is -0.469 e. The van der Waals surface area contributed by atoms with Crippen molar-refractivity contribution in [3.05, 3.63) is 0 Å². The second kappa shape index (κ2) is 6.74. The minimum atomic E-state index is -0.438. The lowest BCUT2D eigenvalue weighted by atomic mass is 9.78. The summed E-state index contributed by atoms with van der Waals surface area (Å²) in [4.78, 5) is 11.7. The molecule has 1 saturated carbocycles. The van der Waals surface area contributed by atoms with E-state index in [0.717, 1.165) is 12.5 Å². The molecular weight excluding hydrogens is 238 g/mol. The van der Waals surface area contributed by atoms with Crippen molar-refractivity contribution in [2.24, 2.45) is 16.7 Å². The highest BCUT2D eigenvalue weighted by Crippen LogP contribution is 2.42. The standard InChI is InChI=1S/C16H31NO2/c1-13(2)10-16(8-6-7-9-16)12-17-11-15(3,4)14(18)19-5/h13,17H,6-12H2,1-5H3. The van der Waals surface area contributed by atoms with Crippen molar-refractivity contribution in [3.8, 4) is 0 Å². The molecule has 0 unspecified atom stereocenters. The van der Waals surface area contributed by atoms with Gasteiger partial charge in [0.2, 0.25) is 0 Å². The van der Waals surface area contributed by atoms with Gasteiger partial charge in [0.15, 0.2) is 0 Å². The Kier molecular flexibility index (Phi) is 5.84. The van der Waals surface area contributed by atoms with Crippen LogP contribution in [0.15, 0.2) is 0 Å². The van der Waals surface area contributed by atoms with E-state index in [0.29, 0.717) is 12.0 Å². The van der Waals surface area contributed by atoms with E-state index in [1.807, 2.05) is 13.8 Å². The quantitative estimate of drug-likeness (QED) is 0.720. The molecule has 0 atom stereocenters. The van der Waals surface area contributed by atoms with E-state index in [4.69, 9.17) is 4.74 Å². The maximum Gasteiger partial charge on any atom is 0.312 e. The van der Waals surface area contributed by atoms with Crippen LogP contribution in [0.25, 0.3) is 0 Å². The maximum absolute atomic E-state index is 11.7. The summed E-state index contributed by atoms with van der Waals surface area (Å²) in [6.07, 6.45) is 6.66. The molecule has 0 aromatic carbocycles. The fourth-order valence-corrected chi connectivity index (χ4v) is 3.43. The summed E-state index contributed by atoms with van der Waals surface area (Å²) in [6, 6.07) is 0. The number of methoxy groups -OCH3 is 1. The Balaban J connectivity index is 2.47. The highest BCUT2D eigenvalue weighted by molar-refractivity contribution is 5.76. The number of rotatable bonds is 7. The molecule has 0 aliphatic heterocycles. The van der Waals surface area contributed by atoms with E-state index < -0.39 is 5.41 Å². The van der Waals surface area contributed by atoms with Crippen LogP contribution in [0.1, 0.15) is 59.8 Å². The van der Waals surface area contributed by atoms with E-state index in [1.165, 1.54) is 39.2 Å². The first-order valence-electron chi connectivity index (χ1n) is 7.60. The van der Waals surface area contributed by atoms with Gasteiger partial charge in [0.1, 0.15) is 0 Å². The number of nitrogens with one attached hydrogen (secondary N) is 1. The van der Waals surface area contributed by atoms with E-state index in [2.05, 4.69) is 19.2 Å². The lowest BCUT2D eigenvalue weighted by molar-refractivity contribution is -0.150. The molecule has 0 heterocycles. The van der Waals surface area contributed by atoms with Crippen molar-refractivity contribution in [3.63, 3.8) is 0 Å². The van der Waals surface area contributed by atoms with Gasteiger partial charge in [-0.3, -0.25) is 4.79 Å². The molecule has 0 saturated heterocycles. The predicted molar refractivity (Wildman–Crippen MR) is 79.0 cm³/mol. The lowest BCUT2D eigenvalue weighted by Gasteiger charge is -2.33. The molecular formula is C16H31NO2. The zero-order chi connectivity index (χ0) is 14.5. The van der Waals surface area contributed by atoms with Crippen molar-refractivity contribution in [1.29, 1.82) is 0 Å². The smallest absolute Gasteiger partial charge is 0.312 e. The maximum atomic E-state index is 11.7. The number of carbonyl (C=O) groups excluding carboxylic acids is 1. The molecule has 0 radical (unpaired) electrons. The molecule has 0 aromatic heterocycles. The zero-order valence-corrected chi connectivity index (χ0v) is 13.3. The van der Waals surface area contributed by atoms with Crippen LogP contribution in [0.2, 0.25) is 0 Å². The highest BCUT2D eigenvalue weighted by Gasteiger charge is 2.35. The molecule has 0 bridgehead atoms. The summed E-state index contributed by atoms with van der Waals surface area (Å²) in [6.45, 7) is 10.2. The van der Waals surface area contributed by atoms with Gasteiger partial charge in [0.05, 0.1) is 12.5 Å². The summed E-state index contributed by atoms with van der Waals surface area (Å²) in [5, 5.41) is 3.53. The van der Waals surface area contributed by atoms with Crippen LogP contribution in [-0.2, 0) is 9.53 Å². The Morgan fingerprint density at radius 2 is 1.89 bits per heavy atom. The van der Waals surface area contributed by atoms with Crippen LogP contribution in [0.4, 0.5) is 0 Å². The largest absolute Gasteiger partial charge is 0.469 e. The Morgan fingerprint density at radius 3 is 2.37 bits per heavy atom. The molecule has 1 rings (SSSR count). The molecule has 1 aliphatic carbocycles. The van der Waals surface area contributed by atoms with Crippen LogP contribution >= 0.6 is 0 Å². The van der Waals surface area contributed by atoms with E-state index >= 15 is 0 Å². The lowest BCUT2D eigenvalue weighted by Crippen LogP contribution is -2.41. The first-order chi connectivity index (χ1) is 8.81. The monoisotopic (exact) mass is 269 g/mol. The normalized spacial score (nSPS) is 18.8. The molecule has 3 heteroatoms. The molecule has 19 heavy (non-hydrogen) atoms. The average molecular weight is 269 g/mol. The summed E-state index contributed by atoms with van der Waals surface area (Å²) in [5.74, 6) is 0.609. The average Bonchev–Trinajstić information content (AvgIpc) is 2.75. The van der Waals surface area contributed by atoms with Gasteiger partial charge in [0, 0.05) is 13.1 Å². The van der Waals surface area contributed by atoms with Crippen molar-refractivity contribution in [1.82, 2.24) is 5.32 Å². The van der Waals surface area contributed by atoms with Crippen LogP contribution in [0.3, 0.4) is 0 Å². The summed E-state index contributed by atoms with van der Waals surface area (Å²) in [7, 11) is 1.46. The highest BCUT2D eigenvalue weighted by atomic mass is 16.5. The van der Waals surface area contributed by atoms with Crippen LogP contribution < -0.4 is 5.32 Å². The molecule has 1 N–H and O–H groups in total. The number of esters is 1. The summed E-state index contributed by atoms with van der Waals surface area (Å²) in [5.41, 5.74) is 0.0206. The van der Waals surface area contributed by atoms with Crippen molar-refractivity contribution < 1.29 is 9.53 Å². The molecule has 0 amide bonds. The van der Waals surface area contributed by atoms with Gasteiger partial charge in [-0.05, 0) is 44.4 Å². The van der Waals surface area contributed by atoms with E-state index in [9.17, 15) is 4.79 Å².